The van der Waals surface area contributed by atoms with Gasteiger partial charge in [-0.1, -0.05) is 5.21 Å². The van der Waals surface area contributed by atoms with Gasteiger partial charge in [-0.05, 0) is 31.4 Å². The van der Waals surface area contributed by atoms with Crippen LogP contribution < -0.4 is 0 Å². The Bertz CT molecular complexity index is 1210. The Labute approximate surface area is 227 Å². The van der Waals surface area contributed by atoms with Gasteiger partial charge in [-0.2, -0.15) is 13.2 Å². The fourth-order valence-electron chi connectivity index (χ4n) is 4.65. The van der Waals surface area contributed by atoms with Gasteiger partial charge in [0, 0.05) is 12.6 Å². The minimum atomic E-state index is -4.71. The van der Waals surface area contributed by atoms with Crippen molar-refractivity contribution in [3.8, 4) is 11.3 Å². The van der Waals surface area contributed by atoms with Crippen LogP contribution >= 0.6 is 11.8 Å². The van der Waals surface area contributed by atoms with Crippen LogP contribution in [0.1, 0.15) is 25.3 Å². The lowest BCUT2D eigenvalue weighted by Crippen LogP contribution is -2.59. The predicted octanol–water partition coefficient (Wildman–Crippen LogP) is 1.38. The summed E-state index contributed by atoms with van der Waals surface area (Å²) < 4.78 is 86.1. The summed E-state index contributed by atoms with van der Waals surface area (Å²) >= 11 is 0.542. The van der Waals surface area contributed by atoms with Crippen LogP contribution in [0.15, 0.2) is 18.3 Å². The molecule has 222 valence electrons. The molecule has 1 aromatic heterocycles. The third-order valence-corrected chi connectivity index (χ3v) is 8.51. The zero-order valence-corrected chi connectivity index (χ0v) is 21.6. The number of aromatic nitrogens is 3. The Kier molecular flexibility index (Phi) is 8.73. The van der Waals surface area contributed by atoms with Crippen LogP contribution in [0.3, 0.4) is 0 Å². The number of carbonyl (C=O) groups is 1. The zero-order valence-electron chi connectivity index (χ0n) is 20.8. The molecule has 0 unspecified atom stereocenters. The number of aliphatic hydroxyl groups excluding tert-OH is 3. The first kappa shape index (κ1) is 30.5. The van der Waals surface area contributed by atoms with Gasteiger partial charge in [-0.25, -0.2) is 17.9 Å². The fraction of sp³-hybridized carbons (Fsp3) is 0.609. The summed E-state index contributed by atoms with van der Waals surface area (Å²) in [5, 5.41) is 48.7. The first-order valence-electron chi connectivity index (χ1n) is 12.0. The maximum Gasteiger partial charge on any atom is 0.406 e. The van der Waals surface area contributed by atoms with Gasteiger partial charge in [0.25, 0.3) is 0 Å². The van der Waals surface area contributed by atoms with Crippen LogP contribution in [0, 0.1) is 17.5 Å². The molecule has 1 saturated heterocycles. The normalized spacial score (nSPS) is 27.2. The molecule has 10 nitrogen and oxygen atoms in total. The minimum Gasteiger partial charge on any atom is -0.394 e. The maximum absolute atomic E-state index is 13.7. The van der Waals surface area contributed by atoms with Gasteiger partial charge in [0.15, 0.2) is 17.5 Å². The molecule has 6 atom stereocenters. The molecule has 1 amide bonds. The summed E-state index contributed by atoms with van der Waals surface area (Å²) in [5.41, 5.74) is -3.54. The molecule has 0 spiro atoms. The summed E-state index contributed by atoms with van der Waals surface area (Å²) in [6.45, 7) is -2.37. The second kappa shape index (κ2) is 11.4. The number of halogens is 6. The number of nitrogens with zero attached hydrogens (tertiary/aromatic N) is 4. The number of hydrogen-bond donors (Lipinski definition) is 4. The van der Waals surface area contributed by atoms with Crippen molar-refractivity contribution >= 4 is 17.7 Å². The molecule has 1 saturated carbocycles. The van der Waals surface area contributed by atoms with Gasteiger partial charge in [-0.3, -0.25) is 4.79 Å². The molecule has 2 heterocycles. The second-order valence-corrected chi connectivity index (χ2v) is 11.0. The van der Waals surface area contributed by atoms with Gasteiger partial charge in [0.1, 0.15) is 47.3 Å². The molecule has 1 aliphatic heterocycles. The molecule has 1 aromatic carbocycles. The third-order valence-electron chi connectivity index (χ3n) is 6.94. The van der Waals surface area contributed by atoms with E-state index in [0.717, 1.165) is 17.9 Å². The van der Waals surface area contributed by atoms with E-state index in [4.69, 9.17) is 4.74 Å². The van der Waals surface area contributed by atoms with Crippen LogP contribution in [0.25, 0.3) is 11.3 Å². The van der Waals surface area contributed by atoms with Crippen LogP contribution in [0.4, 0.5) is 26.3 Å². The fourth-order valence-corrected chi connectivity index (χ4v) is 6.23. The van der Waals surface area contributed by atoms with Gasteiger partial charge >= 0.3 is 6.18 Å². The Morgan fingerprint density at radius 3 is 2.38 bits per heavy atom. The second-order valence-electron chi connectivity index (χ2n) is 9.82. The Balaban J connectivity index is 1.62. The lowest BCUT2D eigenvalue weighted by Gasteiger charge is -2.47. The molecular formula is C23H26F6N4O6S. The number of thioether (sulfide) groups is 1. The summed E-state index contributed by atoms with van der Waals surface area (Å²) in [6, 6.07) is -0.114. The van der Waals surface area contributed by atoms with Crippen molar-refractivity contribution < 1.29 is 56.3 Å². The number of benzene rings is 1. The molecule has 2 aromatic rings. The molecule has 1 aliphatic carbocycles. The van der Waals surface area contributed by atoms with Crippen molar-refractivity contribution in [1.29, 1.82) is 0 Å². The Morgan fingerprint density at radius 1 is 1.23 bits per heavy atom. The van der Waals surface area contributed by atoms with E-state index in [2.05, 4.69) is 10.3 Å². The number of ether oxygens (including phenoxy) is 1. The number of carbonyl (C=O) groups excluding carboxylic acids is 1. The minimum absolute atomic E-state index is 0.103. The van der Waals surface area contributed by atoms with E-state index in [0.29, 0.717) is 35.2 Å². The van der Waals surface area contributed by atoms with Crippen molar-refractivity contribution in [2.45, 2.75) is 66.1 Å². The smallest absolute Gasteiger partial charge is 0.394 e. The number of rotatable bonds is 8. The van der Waals surface area contributed by atoms with Crippen LogP contribution in [-0.2, 0) is 9.53 Å². The molecule has 0 bridgehead atoms. The van der Waals surface area contributed by atoms with Crippen molar-refractivity contribution in [1.82, 2.24) is 19.9 Å². The van der Waals surface area contributed by atoms with E-state index in [1.165, 1.54) is 0 Å². The Hall–Kier alpha value is -2.44. The zero-order chi connectivity index (χ0) is 29.6. The molecule has 4 rings (SSSR count). The third kappa shape index (κ3) is 6.08. The first-order chi connectivity index (χ1) is 18.6. The highest BCUT2D eigenvalue weighted by Crippen LogP contribution is 2.45. The van der Waals surface area contributed by atoms with Crippen molar-refractivity contribution in [2.24, 2.45) is 0 Å². The molecule has 2 fully saturated rings. The highest BCUT2D eigenvalue weighted by atomic mass is 32.2. The van der Waals surface area contributed by atoms with E-state index in [9.17, 15) is 51.6 Å². The molecule has 4 N–H and O–H groups in total. The highest BCUT2D eigenvalue weighted by molar-refractivity contribution is 8.01. The first-order valence-corrected chi connectivity index (χ1v) is 13.0. The van der Waals surface area contributed by atoms with E-state index < -0.39 is 83.3 Å². The highest BCUT2D eigenvalue weighted by Gasteiger charge is 2.53. The van der Waals surface area contributed by atoms with Crippen molar-refractivity contribution in [3.63, 3.8) is 0 Å². The average Bonchev–Trinajstić information content (AvgIpc) is 3.33. The van der Waals surface area contributed by atoms with Crippen molar-refractivity contribution in [2.75, 3.05) is 20.2 Å². The SMILES string of the molecule is CN(CC(F)(F)F)C(=O)[C@H](S[C@@H]1O[C@H](CO)[C@H](O)[C@H](n2cc(-c3cc(F)c(F)c(F)c3)nn2)[C@H]1O)C1(O)CCC1. The van der Waals surface area contributed by atoms with E-state index >= 15 is 0 Å². The molecular weight excluding hydrogens is 574 g/mol. The maximum atomic E-state index is 13.7. The Morgan fingerprint density at radius 2 is 1.85 bits per heavy atom. The lowest BCUT2D eigenvalue weighted by molar-refractivity contribution is -0.179. The number of alkyl halides is 3. The quantitative estimate of drug-likeness (QED) is 0.261. The van der Waals surface area contributed by atoms with E-state index in [1.807, 2.05) is 0 Å². The van der Waals surface area contributed by atoms with E-state index in [1.54, 1.807) is 0 Å². The summed E-state index contributed by atoms with van der Waals surface area (Å²) in [4.78, 5) is 13.4. The van der Waals surface area contributed by atoms with Crippen LogP contribution in [0.5, 0.6) is 0 Å². The van der Waals surface area contributed by atoms with Gasteiger partial charge in [0.05, 0.1) is 18.4 Å². The number of aliphatic hydroxyl groups is 4. The van der Waals surface area contributed by atoms with Crippen LogP contribution in [0.2, 0.25) is 0 Å². The predicted molar refractivity (Wildman–Crippen MR) is 126 cm³/mol. The number of hydrogen-bond acceptors (Lipinski definition) is 9. The molecule has 40 heavy (non-hydrogen) atoms. The molecule has 17 heteroatoms. The number of amides is 1. The molecule has 2 aliphatic rings. The van der Waals surface area contributed by atoms with Crippen LogP contribution in [-0.4, -0.2) is 107 Å². The van der Waals surface area contributed by atoms with Crippen molar-refractivity contribution in [3.05, 3.63) is 35.8 Å². The standard InChI is InChI=1S/C23H26F6N4O6S/c1-32(9-23(27,28)29)20(37)19(22(38)3-2-4-22)40-21-18(36)16(17(35)14(8-34)39-21)33-7-13(30-31-33)10-5-11(24)15(26)12(25)6-10/h5-7,14,16-19,21,34-36,38H,2-4,8-9H2,1H3/t14-,16+,17+,18-,19+,21+/m1/s1. The molecule has 0 radical (unpaired) electrons. The lowest BCUT2D eigenvalue weighted by atomic mass is 9.77. The topological polar surface area (TPSA) is 141 Å². The average molecular weight is 601 g/mol. The largest absolute Gasteiger partial charge is 0.406 e. The van der Waals surface area contributed by atoms with E-state index in [-0.39, 0.29) is 24.1 Å². The van der Waals surface area contributed by atoms with Gasteiger partial charge in [-0.15, -0.1) is 16.9 Å². The summed E-state index contributed by atoms with van der Waals surface area (Å²) in [5.74, 6) is -5.75. The monoisotopic (exact) mass is 600 g/mol. The van der Waals surface area contributed by atoms with Gasteiger partial charge < -0.3 is 30.1 Å². The van der Waals surface area contributed by atoms with Gasteiger partial charge in [0.2, 0.25) is 5.91 Å². The summed E-state index contributed by atoms with van der Waals surface area (Å²) in [6.07, 6.45) is -7.65. The summed E-state index contributed by atoms with van der Waals surface area (Å²) in [7, 11) is 0.921.